The van der Waals surface area contributed by atoms with Crippen LogP contribution in [-0.2, 0) is 0 Å². The van der Waals surface area contributed by atoms with E-state index in [4.69, 9.17) is 14.2 Å². The number of phenolic OH excluding ortho intramolecular Hbond substituents is 2. The second-order valence-corrected chi connectivity index (χ2v) is 11.1. The number of hydrogen-bond acceptors (Lipinski definition) is 7. The molecule has 0 unspecified atom stereocenters. The summed E-state index contributed by atoms with van der Waals surface area (Å²) in [5.74, 6) is 1.75. The van der Waals surface area contributed by atoms with E-state index in [1.165, 1.54) is 0 Å². The second-order valence-electron chi connectivity index (χ2n) is 11.1. The van der Waals surface area contributed by atoms with Gasteiger partial charge < -0.3 is 24.4 Å². The van der Waals surface area contributed by atoms with Crippen LogP contribution < -0.4 is 24.8 Å². The zero-order chi connectivity index (χ0) is 34.3. The highest BCUT2D eigenvalue weighted by molar-refractivity contribution is 5.92. The highest BCUT2D eigenvalue weighted by Gasteiger charge is 2.21. The molecule has 2 amide bonds. The first-order valence-corrected chi connectivity index (χ1v) is 15.4. The van der Waals surface area contributed by atoms with Gasteiger partial charge in [-0.1, -0.05) is 60.7 Å². The van der Waals surface area contributed by atoms with Crippen molar-refractivity contribution in [2.45, 2.75) is 13.8 Å². The van der Waals surface area contributed by atoms with Crippen LogP contribution in [0.4, 0.5) is 21.0 Å². The Morgan fingerprint density at radius 2 is 0.918 bits per heavy atom. The van der Waals surface area contributed by atoms with Crippen LogP contribution in [0.2, 0.25) is 0 Å². The SMILES string of the molecule is Cc1c(NC(=O)Oc2ccccc2)ccc(Oc2ccc(NC(=O)Oc3ccccc3)c(C)c2-c2cccc(O)c2)c1-c1cccc(O)c1. The van der Waals surface area contributed by atoms with Crippen molar-refractivity contribution in [3.8, 4) is 56.8 Å². The van der Waals surface area contributed by atoms with Crippen molar-refractivity contribution >= 4 is 23.6 Å². The molecule has 0 radical (unpaired) electrons. The molecule has 0 fully saturated rings. The molecular formula is C40H32N2O7. The van der Waals surface area contributed by atoms with Gasteiger partial charge in [-0.3, -0.25) is 10.6 Å². The van der Waals surface area contributed by atoms with E-state index in [-0.39, 0.29) is 11.5 Å². The fourth-order valence-corrected chi connectivity index (χ4v) is 5.44. The predicted molar refractivity (Wildman–Crippen MR) is 189 cm³/mol. The Morgan fingerprint density at radius 1 is 0.510 bits per heavy atom. The number of hydrogen-bond donors (Lipinski definition) is 4. The van der Waals surface area contributed by atoms with Gasteiger partial charge in [0.1, 0.15) is 34.5 Å². The predicted octanol–water partition coefficient (Wildman–Crippen LogP) is 10.1. The first-order chi connectivity index (χ1) is 23.7. The van der Waals surface area contributed by atoms with Crippen LogP contribution in [0.5, 0.6) is 34.5 Å². The highest BCUT2D eigenvalue weighted by Crippen LogP contribution is 2.45. The van der Waals surface area contributed by atoms with Crippen LogP contribution in [0.1, 0.15) is 11.1 Å². The molecule has 6 aromatic carbocycles. The smallest absolute Gasteiger partial charge is 0.417 e. The van der Waals surface area contributed by atoms with E-state index >= 15 is 0 Å². The molecule has 0 saturated carbocycles. The van der Waals surface area contributed by atoms with Crippen LogP contribution in [0.3, 0.4) is 0 Å². The molecule has 6 rings (SSSR count). The van der Waals surface area contributed by atoms with Gasteiger partial charge in [-0.05, 0) is 109 Å². The lowest BCUT2D eigenvalue weighted by molar-refractivity contribution is 0.214. The van der Waals surface area contributed by atoms with Crippen molar-refractivity contribution in [1.29, 1.82) is 0 Å². The Kier molecular flexibility index (Phi) is 9.44. The first-order valence-electron chi connectivity index (χ1n) is 15.4. The molecule has 9 heteroatoms. The topological polar surface area (TPSA) is 126 Å². The number of ether oxygens (including phenoxy) is 3. The number of amides is 2. The zero-order valence-electron chi connectivity index (χ0n) is 26.6. The molecule has 0 saturated heterocycles. The molecule has 6 aromatic rings. The van der Waals surface area contributed by atoms with Crippen molar-refractivity contribution in [1.82, 2.24) is 0 Å². The van der Waals surface area contributed by atoms with Crippen molar-refractivity contribution in [2.24, 2.45) is 0 Å². The Morgan fingerprint density at radius 3 is 1.31 bits per heavy atom. The van der Waals surface area contributed by atoms with Gasteiger partial charge in [-0.15, -0.1) is 0 Å². The summed E-state index contributed by atoms with van der Waals surface area (Å²) in [5, 5.41) is 26.4. The highest BCUT2D eigenvalue weighted by atomic mass is 16.6. The van der Waals surface area contributed by atoms with Gasteiger partial charge in [0.25, 0.3) is 0 Å². The molecule has 0 bridgehead atoms. The van der Waals surface area contributed by atoms with Gasteiger partial charge in [0, 0.05) is 22.5 Å². The summed E-state index contributed by atoms with van der Waals surface area (Å²) in [6, 6.07) is 37.7. The zero-order valence-corrected chi connectivity index (χ0v) is 26.6. The van der Waals surface area contributed by atoms with E-state index in [2.05, 4.69) is 10.6 Å². The first kappa shape index (κ1) is 32.2. The number of aromatic hydroxyl groups is 2. The summed E-state index contributed by atoms with van der Waals surface area (Å²) in [5.41, 5.74) is 4.79. The number of benzene rings is 6. The molecule has 0 spiro atoms. The van der Waals surface area contributed by atoms with E-state index < -0.39 is 12.2 Å². The third kappa shape index (κ3) is 7.64. The molecule has 49 heavy (non-hydrogen) atoms. The van der Waals surface area contributed by atoms with Crippen molar-refractivity contribution < 1.29 is 34.0 Å². The minimum Gasteiger partial charge on any atom is -0.508 e. The van der Waals surface area contributed by atoms with Gasteiger partial charge >= 0.3 is 12.2 Å². The van der Waals surface area contributed by atoms with Crippen LogP contribution >= 0.6 is 0 Å². The van der Waals surface area contributed by atoms with Gasteiger partial charge in [0.15, 0.2) is 0 Å². The maximum absolute atomic E-state index is 12.8. The van der Waals surface area contributed by atoms with E-state index in [1.807, 2.05) is 38.1 Å². The molecule has 0 aliphatic rings. The second kappa shape index (κ2) is 14.4. The summed E-state index contributed by atoms with van der Waals surface area (Å²) in [6.45, 7) is 3.66. The summed E-state index contributed by atoms with van der Waals surface area (Å²) in [6.07, 6.45) is -1.33. The molecule has 0 aliphatic carbocycles. The van der Waals surface area contributed by atoms with E-state index in [9.17, 15) is 19.8 Å². The summed E-state index contributed by atoms with van der Waals surface area (Å²) in [7, 11) is 0. The average molecular weight is 653 g/mol. The Hall–Kier alpha value is -6.74. The van der Waals surface area contributed by atoms with Crippen LogP contribution in [0.15, 0.2) is 133 Å². The number of anilines is 2. The van der Waals surface area contributed by atoms with Crippen LogP contribution in [0, 0.1) is 13.8 Å². The summed E-state index contributed by atoms with van der Waals surface area (Å²) in [4.78, 5) is 25.7. The average Bonchev–Trinajstić information content (AvgIpc) is 3.08. The third-order valence-corrected chi connectivity index (χ3v) is 7.72. The lowest BCUT2D eigenvalue weighted by Gasteiger charge is -2.21. The van der Waals surface area contributed by atoms with E-state index in [1.54, 1.807) is 109 Å². The Balaban J connectivity index is 1.39. The van der Waals surface area contributed by atoms with Gasteiger partial charge in [0.05, 0.1) is 0 Å². The quantitative estimate of drug-likeness (QED) is 0.129. The number of nitrogens with one attached hydrogen (secondary N) is 2. The lowest BCUT2D eigenvalue weighted by atomic mass is 9.96. The maximum Gasteiger partial charge on any atom is 0.417 e. The molecule has 244 valence electrons. The molecule has 9 nitrogen and oxygen atoms in total. The number of carbonyl (C=O) groups excluding carboxylic acids is 2. The van der Waals surface area contributed by atoms with Crippen LogP contribution in [0.25, 0.3) is 22.3 Å². The molecule has 4 N–H and O–H groups in total. The van der Waals surface area contributed by atoms with Gasteiger partial charge in [-0.25, -0.2) is 9.59 Å². The Bertz CT molecular complexity index is 1980. The minimum atomic E-state index is -0.666. The monoisotopic (exact) mass is 652 g/mol. The summed E-state index contributed by atoms with van der Waals surface area (Å²) < 4.78 is 17.5. The number of carbonyl (C=O) groups is 2. The van der Waals surface area contributed by atoms with Crippen molar-refractivity contribution in [2.75, 3.05) is 10.6 Å². The van der Waals surface area contributed by atoms with E-state index in [0.717, 1.165) is 0 Å². The molecular weight excluding hydrogens is 620 g/mol. The van der Waals surface area contributed by atoms with Gasteiger partial charge in [-0.2, -0.15) is 0 Å². The maximum atomic E-state index is 12.8. The van der Waals surface area contributed by atoms with Gasteiger partial charge in [0.2, 0.25) is 0 Å². The number of para-hydroxylation sites is 2. The van der Waals surface area contributed by atoms with Crippen molar-refractivity contribution in [3.05, 3.63) is 145 Å². The molecule has 0 aliphatic heterocycles. The standard InChI is InChI=1S/C40H32N2O7/c1-25-33(41-39(45)47-31-15-5-3-6-16-31)19-21-35(37(25)27-11-9-13-29(43)23-27)49-36-22-20-34(42-40(46)48-32-17-7-4-8-18-32)26(2)38(36)28-12-10-14-30(44)24-28/h3-24,43-44H,1-2H3,(H,41,45)(H,42,46). The summed E-state index contributed by atoms with van der Waals surface area (Å²) >= 11 is 0. The molecule has 0 aromatic heterocycles. The van der Waals surface area contributed by atoms with Crippen LogP contribution in [-0.4, -0.2) is 22.4 Å². The number of phenols is 2. The fraction of sp³-hybridized carbons (Fsp3) is 0.0500. The fourth-order valence-electron chi connectivity index (χ4n) is 5.44. The molecule has 0 heterocycles. The third-order valence-electron chi connectivity index (χ3n) is 7.72. The van der Waals surface area contributed by atoms with Crippen molar-refractivity contribution in [3.63, 3.8) is 0 Å². The Labute approximate surface area is 283 Å². The van der Waals surface area contributed by atoms with E-state index in [0.29, 0.717) is 67.8 Å². The normalized spacial score (nSPS) is 10.6. The lowest BCUT2D eigenvalue weighted by Crippen LogP contribution is -2.17. The molecule has 0 atom stereocenters. The minimum absolute atomic E-state index is 0.0545. The number of rotatable bonds is 8. The largest absolute Gasteiger partial charge is 0.508 e.